The van der Waals surface area contributed by atoms with Crippen molar-refractivity contribution in [3.05, 3.63) is 17.5 Å². The second-order valence-electron chi connectivity index (χ2n) is 6.17. The van der Waals surface area contributed by atoms with E-state index < -0.39 is 6.10 Å². The van der Waals surface area contributed by atoms with Crippen molar-refractivity contribution in [1.29, 1.82) is 0 Å². The highest BCUT2D eigenvalue weighted by Gasteiger charge is 2.33. The summed E-state index contributed by atoms with van der Waals surface area (Å²) in [7, 11) is 3.71. The fourth-order valence-electron chi connectivity index (χ4n) is 3.01. The van der Waals surface area contributed by atoms with Crippen molar-refractivity contribution < 1.29 is 9.90 Å². The molecule has 0 bridgehead atoms. The number of aliphatic hydroxyl groups is 1. The van der Waals surface area contributed by atoms with Crippen LogP contribution in [0.3, 0.4) is 0 Å². The molecule has 1 aliphatic carbocycles. The van der Waals surface area contributed by atoms with Crippen LogP contribution >= 0.6 is 0 Å². The number of carbonyl (C=O) groups is 1. The lowest BCUT2D eigenvalue weighted by molar-refractivity contribution is -0.137. The molecule has 1 aromatic heterocycles. The minimum Gasteiger partial charge on any atom is -0.392 e. The van der Waals surface area contributed by atoms with Gasteiger partial charge in [0.05, 0.1) is 17.7 Å². The van der Waals surface area contributed by atoms with Gasteiger partial charge in [-0.25, -0.2) is 0 Å². The fourth-order valence-corrected chi connectivity index (χ4v) is 3.01. The van der Waals surface area contributed by atoms with Gasteiger partial charge < -0.3 is 10.0 Å². The van der Waals surface area contributed by atoms with Gasteiger partial charge in [-0.2, -0.15) is 5.10 Å². The third kappa shape index (κ3) is 3.03. The zero-order valence-electron chi connectivity index (χ0n) is 12.8. The molecule has 1 N–H and O–H groups in total. The van der Waals surface area contributed by atoms with E-state index in [0.29, 0.717) is 12.5 Å². The van der Waals surface area contributed by atoms with E-state index in [1.807, 2.05) is 20.3 Å². The Morgan fingerprint density at radius 1 is 1.55 bits per heavy atom. The van der Waals surface area contributed by atoms with Crippen LogP contribution in [0.1, 0.15) is 50.3 Å². The first kappa shape index (κ1) is 15.0. The smallest absolute Gasteiger partial charge is 0.228 e. The van der Waals surface area contributed by atoms with Gasteiger partial charge in [-0.1, -0.05) is 13.8 Å². The van der Waals surface area contributed by atoms with E-state index >= 15 is 0 Å². The van der Waals surface area contributed by atoms with Gasteiger partial charge in [0.1, 0.15) is 0 Å². The molecule has 5 nitrogen and oxygen atoms in total. The number of aryl methyl sites for hydroxylation is 1. The van der Waals surface area contributed by atoms with Crippen LogP contribution in [0.2, 0.25) is 0 Å². The number of nitrogens with zero attached hydrogens (tertiary/aromatic N) is 3. The standard InChI is InChI=1S/C15H25N3O2/c1-10(2)14-11(9-18(4)16-14)8-17(3)15(20)12-6-5-7-13(12)19/h9-10,12-13,19H,5-8H2,1-4H3. The second-order valence-corrected chi connectivity index (χ2v) is 6.17. The summed E-state index contributed by atoms with van der Waals surface area (Å²) in [4.78, 5) is 14.1. The van der Waals surface area contributed by atoms with Crippen molar-refractivity contribution >= 4 is 5.91 Å². The van der Waals surface area contributed by atoms with Crippen LogP contribution in [-0.4, -0.2) is 38.8 Å². The molecule has 112 valence electrons. The van der Waals surface area contributed by atoms with E-state index in [9.17, 15) is 9.90 Å². The Morgan fingerprint density at radius 3 is 2.80 bits per heavy atom. The molecule has 1 fully saturated rings. The fraction of sp³-hybridized carbons (Fsp3) is 0.733. The molecule has 1 heterocycles. The summed E-state index contributed by atoms with van der Waals surface area (Å²) in [5, 5.41) is 14.3. The van der Waals surface area contributed by atoms with Crippen LogP contribution in [0.5, 0.6) is 0 Å². The molecule has 2 rings (SSSR count). The number of carbonyl (C=O) groups excluding carboxylic acids is 1. The first-order valence-electron chi connectivity index (χ1n) is 7.35. The summed E-state index contributed by atoms with van der Waals surface area (Å²) in [6.07, 6.45) is 3.99. The predicted molar refractivity (Wildman–Crippen MR) is 77.1 cm³/mol. The van der Waals surface area contributed by atoms with Gasteiger partial charge in [0.15, 0.2) is 0 Å². The number of hydrogen-bond donors (Lipinski definition) is 1. The summed E-state index contributed by atoms with van der Waals surface area (Å²) < 4.78 is 1.80. The van der Waals surface area contributed by atoms with Crippen LogP contribution < -0.4 is 0 Å². The number of aliphatic hydroxyl groups excluding tert-OH is 1. The van der Waals surface area contributed by atoms with Crippen LogP contribution in [0.25, 0.3) is 0 Å². The van der Waals surface area contributed by atoms with Gasteiger partial charge in [0, 0.05) is 32.4 Å². The van der Waals surface area contributed by atoms with Crippen molar-refractivity contribution in [2.24, 2.45) is 13.0 Å². The van der Waals surface area contributed by atoms with Crippen LogP contribution in [0, 0.1) is 5.92 Å². The molecule has 1 aromatic rings. The molecule has 0 saturated heterocycles. The third-order valence-corrected chi connectivity index (χ3v) is 4.06. The molecule has 2 atom stereocenters. The molecule has 0 spiro atoms. The lowest BCUT2D eigenvalue weighted by Gasteiger charge is -2.23. The lowest BCUT2D eigenvalue weighted by Crippen LogP contribution is -2.36. The maximum Gasteiger partial charge on any atom is 0.228 e. The molecule has 1 saturated carbocycles. The molecule has 1 aliphatic rings. The van der Waals surface area contributed by atoms with E-state index in [2.05, 4.69) is 18.9 Å². The Bertz CT molecular complexity index is 481. The Hall–Kier alpha value is -1.36. The molecular formula is C15H25N3O2. The van der Waals surface area contributed by atoms with Crippen molar-refractivity contribution in [2.45, 2.75) is 51.7 Å². The summed E-state index contributed by atoms with van der Waals surface area (Å²) in [5.41, 5.74) is 2.13. The van der Waals surface area contributed by atoms with Crippen molar-refractivity contribution in [2.75, 3.05) is 7.05 Å². The lowest BCUT2D eigenvalue weighted by atomic mass is 10.0. The Morgan fingerprint density at radius 2 is 2.25 bits per heavy atom. The topological polar surface area (TPSA) is 58.4 Å². The molecule has 0 radical (unpaired) electrons. The van der Waals surface area contributed by atoms with E-state index in [-0.39, 0.29) is 11.8 Å². The number of aromatic nitrogens is 2. The monoisotopic (exact) mass is 279 g/mol. The number of rotatable bonds is 4. The Balaban J connectivity index is 2.07. The van der Waals surface area contributed by atoms with E-state index in [1.165, 1.54) is 0 Å². The van der Waals surface area contributed by atoms with Crippen molar-refractivity contribution in [1.82, 2.24) is 14.7 Å². The Kier molecular flexibility index (Phi) is 4.48. The van der Waals surface area contributed by atoms with Crippen molar-refractivity contribution in [3.63, 3.8) is 0 Å². The highest BCUT2D eigenvalue weighted by molar-refractivity contribution is 5.79. The molecule has 0 aliphatic heterocycles. The molecular weight excluding hydrogens is 254 g/mol. The van der Waals surface area contributed by atoms with E-state index in [1.54, 1.807) is 9.58 Å². The largest absolute Gasteiger partial charge is 0.392 e. The number of amides is 1. The minimum absolute atomic E-state index is 0.0496. The van der Waals surface area contributed by atoms with Gasteiger partial charge in [-0.15, -0.1) is 0 Å². The zero-order chi connectivity index (χ0) is 14.9. The number of hydrogen-bond acceptors (Lipinski definition) is 3. The van der Waals surface area contributed by atoms with Crippen LogP contribution in [0.15, 0.2) is 6.20 Å². The molecule has 1 amide bonds. The van der Waals surface area contributed by atoms with Gasteiger partial charge >= 0.3 is 0 Å². The minimum atomic E-state index is -0.469. The summed E-state index contributed by atoms with van der Waals surface area (Å²) in [5.74, 6) is 0.166. The SMILES string of the molecule is CC(C)c1nn(C)cc1CN(C)C(=O)C1CCCC1O. The maximum absolute atomic E-state index is 12.4. The highest BCUT2D eigenvalue weighted by Crippen LogP contribution is 2.28. The molecule has 5 heteroatoms. The zero-order valence-corrected chi connectivity index (χ0v) is 12.8. The molecule has 0 aromatic carbocycles. The van der Waals surface area contributed by atoms with Crippen molar-refractivity contribution in [3.8, 4) is 0 Å². The second kappa shape index (κ2) is 5.95. The van der Waals surface area contributed by atoms with E-state index in [4.69, 9.17) is 0 Å². The normalized spacial score (nSPS) is 22.5. The summed E-state index contributed by atoms with van der Waals surface area (Å²) >= 11 is 0. The van der Waals surface area contributed by atoms with Gasteiger partial charge in [-0.05, 0) is 25.2 Å². The first-order valence-corrected chi connectivity index (χ1v) is 7.35. The van der Waals surface area contributed by atoms with Crippen LogP contribution in [0.4, 0.5) is 0 Å². The van der Waals surface area contributed by atoms with Gasteiger partial charge in [0.2, 0.25) is 5.91 Å². The van der Waals surface area contributed by atoms with Crippen LogP contribution in [-0.2, 0) is 18.4 Å². The average molecular weight is 279 g/mol. The highest BCUT2D eigenvalue weighted by atomic mass is 16.3. The molecule has 2 unspecified atom stereocenters. The summed E-state index contributed by atoms with van der Waals surface area (Å²) in [6, 6.07) is 0. The maximum atomic E-state index is 12.4. The van der Waals surface area contributed by atoms with E-state index in [0.717, 1.165) is 30.5 Å². The third-order valence-electron chi connectivity index (χ3n) is 4.06. The van der Waals surface area contributed by atoms with Gasteiger partial charge in [-0.3, -0.25) is 9.48 Å². The van der Waals surface area contributed by atoms with Gasteiger partial charge in [0.25, 0.3) is 0 Å². The first-order chi connectivity index (χ1) is 9.40. The Labute approximate surface area is 120 Å². The quantitative estimate of drug-likeness (QED) is 0.912. The summed E-state index contributed by atoms with van der Waals surface area (Å²) in [6.45, 7) is 4.77. The predicted octanol–water partition coefficient (Wildman–Crippen LogP) is 1.66. The molecule has 20 heavy (non-hydrogen) atoms. The average Bonchev–Trinajstić information content (AvgIpc) is 2.94.